The summed E-state index contributed by atoms with van der Waals surface area (Å²) in [6, 6.07) is 29.2. The summed E-state index contributed by atoms with van der Waals surface area (Å²) in [5.41, 5.74) is 4.96. The Hall–Kier alpha value is -5.24. The van der Waals surface area contributed by atoms with Gasteiger partial charge in [-0.15, -0.1) is 0 Å². The minimum absolute atomic E-state index is 0.0667. The van der Waals surface area contributed by atoms with Gasteiger partial charge in [-0.05, 0) is 70.8 Å². The van der Waals surface area contributed by atoms with Crippen molar-refractivity contribution >= 4 is 23.8 Å². The monoisotopic (exact) mass is 562 g/mol. The Morgan fingerprint density at radius 2 is 0.714 bits per heavy atom. The normalized spacial score (nSPS) is 12.9. The van der Waals surface area contributed by atoms with Crippen LogP contribution in [0.2, 0.25) is 0 Å². The Bertz CT molecular complexity index is 1460. The molecule has 0 radical (unpaired) electrons. The summed E-state index contributed by atoms with van der Waals surface area (Å²) < 4.78 is 10.2. The van der Waals surface area contributed by atoms with E-state index in [1.54, 1.807) is 58.3 Å². The predicted molar refractivity (Wildman–Crippen MR) is 158 cm³/mol. The van der Waals surface area contributed by atoms with Crippen LogP contribution in [0, 0.1) is 0 Å². The molecule has 42 heavy (non-hydrogen) atoms. The average molecular weight is 563 g/mol. The number of nitrogens with zero attached hydrogens (tertiary/aromatic N) is 2. The lowest BCUT2D eigenvalue weighted by molar-refractivity contribution is -0.132. The molecule has 5 rings (SSSR count). The van der Waals surface area contributed by atoms with E-state index in [2.05, 4.69) is 0 Å². The van der Waals surface area contributed by atoms with Gasteiger partial charge in [-0.1, -0.05) is 48.5 Å². The molecule has 1 heterocycles. The zero-order valence-electron chi connectivity index (χ0n) is 23.4. The first-order chi connectivity index (χ1) is 20.3. The molecule has 1 aliphatic rings. The Morgan fingerprint density at radius 3 is 0.976 bits per heavy atom. The molecule has 4 aromatic rings. The van der Waals surface area contributed by atoms with E-state index in [1.165, 1.54) is 13.8 Å². The van der Waals surface area contributed by atoms with Crippen LogP contribution in [0.1, 0.15) is 34.6 Å². The van der Waals surface area contributed by atoms with Crippen LogP contribution in [0.4, 0.5) is 0 Å². The van der Waals surface area contributed by atoms with Crippen LogP contribution in [0.3, 0.4) is 0 Å². The molecule has 0 spiro atoms. The first-order valence-corrected chi connectivity index (χ1v) is 13.6. The highest BCUT2D eigenvalue weighted by Gasteiger charge is 2.25. The Labute approximate surface area is 244 Å². The third-order valence-electron chi connectivity index (χ3n) is 7.02. The molecule has 1 fully saturated rings. The molecular weight excluding hydrogens is 532 g/mol. The molecule has 212 valence electrons. The lowest BCUT2D eigenvalue weighted by Gasteiger charge is -2.35. The van der Waals surface area contributed by atoms with E-state index in [1.807, 2.05) is 48.5 Å². The van der Waals surface area contributed by atoms with Gasteiger partial charge in [-0.2, -0.15) is 0 Å². The first-order valence-electron chi connectivity index (χ1n) is 13.6. The van der Waals surface area contributed by atoms with Gasteiger partial charge in [0.05, 0.1) is 0 Å². The molecule has 1 saturated heterocycles. The van der Waals surface area contributed by atoms with Crippen LogP contribution in [0.25, 0.3) is 22.3 Å². The number of carbonyl (C=O) groups excluding carboxylic acids is 4. The highest BCUT2D eigenvalue weighted by Crippen LogP contribution is 2.25. The summed E-state index contributed by atoms with van der Waals surface area (Å²) in [4.78, 5) is 52.0. The number of hydrogen-bond acceptors (Lipinski definition) is 6. The van der Waals surface area contributed by atoms with Crippen molar-refractivity contribution in [1.82, 2.24) is 9.80 Å². The molecular formula is C34H30N2O6. The third-order valence-corrected chi connectivity index (χ3v) is 7.02. The minimum atomic E-state index is -0.368. The summed E-state index contributed by atoms with van der Waals surface area (Å²) in [7, 11) is 0. The van der Waals surface area contributed by atoms with Crippen molar-refractivity contribution in [3.8, 4) is 33.8 Å². The summed E-state index contributed by atoms with van der Waals surface area (Å²) >= 11 is 0. The quantitative estimate of drug-likeness (QED) is 0.229. The Morgan fingerprint density at radius 1 is 0.452 bits per heavy atom. The van der Waals surface area contributed by atoms with Gasteiger partial charge in [0.25, 0.3) is 11.8 Å². The minimum Gasteiger partial charge on any atom is -0.427 e. The van der Waals surface area contributed by atoms with E-state index in [-0.39, 0.29) is 23.8 Å². The zero-order chi connectivity index (χ0) is 29.6. The molecule has 0 aromatic heterocycles. The van der Waals surface area contributed by atoms with E-state index < -0.39 is 0 Å². The Balaban J connectivity index is 1.15. The van der Waals surface area contributed by atoms with E-state index >= 15 is 0 Å². The fourth-order valence-electron chi connectivity index (χ4n) is 4.85. The second-order valence-electron chi connectivity index (χ2n) is 9.98. The number of carbonyl (C=O) groups is 4. The molecule has 0 atom stereocenters. The van der Waals surface area contributed by atoms with E-state index in [9.17, 15) is 19.2 Å². The number of esters is 2. The number of rotatable bonds is 6. The number of ether oxygens (including phenoxy) is 2. The predicted octanol–water partition coefficient (Wildman–Crippen LogP) is 5.47. The van der Waals surface area contributed by atoms with Crippen LogP contribution in [0.15, 0.2) is 97.1 Å². The topological polar surface area (TPSA) is 93.2 Å². The standard InChI is InChI=1S/C34H30N2O6/c1-23(37)41-31-15-11-27(12-16-31)25-3-7-29(8-4-25)33(39)35-19-21-36(22-20-35)34(40)30-9-5-26(6-10-30)28-13-17-32(18-14-28)42-24(2)38/h3-18H,19-22H2,1-2H3. The summed E-state index contributed by atoms with van der Waals surface area (Å²) in [6.07, 6.45) is 0. The van der Waals surface area contributed by atoms with Crippen molar-refractivity contribution < 1.29 is 28.7 Å². The fraction of sp³-hybridized carbons (Fsp3) is 0.176. The van der Waals surface area contributed by atoms with Crippen LogP contribution >= 0.6 is 0 Å². The second kappa shape index (κ2) is 12.5. The van der Waals surface area contributed by atoms with Gasteiger partial charge in [-0.25, -0.2) is 0 Å². The van der Waals surface area contributed by atoms with E-state index in [4.69, 9.17) is 9.47 Å². The lowest BCUT2D eigenvalue weighted by atomic mass is 10.0. The molecule has 0 N–H and O–H groups in total. The number of amides is 2. The summed E-state index contributed by atoms with van der Waals surface area (Å²) in [5.74, 6) is 0.0970. The zero-order valence-corrected chi connectivity index (χ0v) is 23.4. The number of hydrogen-bond donors (Lipinski definition) is 0. The van der Waals surface area contributed by atoms with Gasteiger partial charge < -0.3 is 19.3 Å². The van der Waals surface area contributed by atoms with Gasteiger partial charge in [0.15, 0.2) is 0 Å². The maximum Gasteiger partial charge on any atom is 0.308 e. The molecule has 0 saturated carbocycles. The van der Waals surface area contributed by atoms with Gasteiger partial charge in [0, 0.05) is 51.2 Å². The highest BCUT2D eigenvalue weighted by molar-refractivity contribution is 5.96. The Kier molecular flexibility index (Phi) is 8.43. The molecule has 8 heteroatoms. The smallest absolute Gasteiger partial charge is 0.308 e. The van der Waals surface area contributed by atoms with Crippen molar-refractivity contribution in [1.29, 1.82) is 0 Å². The van der Waals surface area contributed by atoms with Crippen molar-refractivity contribution in [2.75, 3.05) is 26.2 Å². The molecule has 1 aliphatic heterocycles. The van der Waals surface area contributed by atoms with Crippen molar-refractivity contribution in [2.45, 2.75) is 13.8 Å². The maximum atomic E-state index is 13.1. The molecule has 0 bridgehead atoms. The van der Waals surface area contributed by atoms with Crippen molar-refractivity contribution in [3.63, 3.8) is 0 Å². The molecule has 2 amide bonds. The second-order valence-corrected chi connectivity index (χ2v) is 9.98. The van der Waals surface area contributed by atoms with Gasteiger partial charge >= 0.3 is 11.9 Å². The van der Waals surface area contributed by atoms with Gasteiger partial charge in [-0.3, -0.25) is 19.2 Å². The van der Waals surface area contributed by atoms with Crippen molar-refractivity contribution in [2.24, 2.45) is 0 Å². The third kappa shape index (κ3) is 6.72. The summed E-state index contributed by atoms with van der Waals surface area (Å²) in [5, 5.41) is 0. The number of piperazine rings is 1. The molecule has 0 aliphatic carbocycles. The van der Waals surface area contributed by atoms with Crippen LogP contribution in [0.5, 0.6) is 11.5 Å². The van der Waals surface area contributed by atoms with Crippen LogP contribution < -0.4 is 9.47 Å². The van der Waals surface area contributed by atoms with Crippen LogP contribution in [-0.4, -0.2) is 59.7 Å². The molecule has 0 unspecified atom stereocenters. The molecule has 4 aromatic carbocycles. The number of benzene rings is 4. The van der Waals surface area contributed by atoms with Crippen LogP contribution in [-0.2, 0) is 9.59 Å². The maximum absolute atomic E-state index is 13.1. The summed E-state index contributed by atoms with van der Waals surface area (Å²) in [6.45, 7) is 4.54. The van der Waals surface area contributed by atoms with Gasteiger partial charge in [0.2, 0.25) is 0 Å². The van der Waals surface area contributed by atoms with Crippen molar-refractivity contribution in [3.05, 3.63) is 108 Å². The van der Waals surface area contributed by atoms with E-state index in [0.717, 1.165) is 22.3 Å². The SMILES string of the molecule is CC(=O)Oc1ccc(-c2ccc(C(=O)N3CCN(C(=O)c4ccc(-c5ccc(OC(C)=O)cc5)cc4)CC3)cc2)cc1. The average Bonchev–Trinajstić information content (AvgIpc) is 3.01. The molecule has 8 nitrogen and oxygen atoms in total. The first kappa shape index (κ1) is 28.3. The van der Waals surface area contributed by atoms with E-state index in [0.29, 0.717) is 48.8 Å². The largest absolute Gasteiger partial charge is 0.427 e. The lowest BCUT2D eigenvalue weighted by Crippen LogP contribution is -2.50. The van der Waals surface area contributed by atoms with Gasteiger partial charge in [0.1, 0.15) is 11.5 Å². The highest BCUT2D eigenvalue weighted by atomic mass is 16.5. The fourth-order valence-corrected chi connectivity index (χ4v) is 4.85.